The van der Waals surface area contributed by atoms with Crippen LogP contribution in [0.2, 0.25) is 0 Å². The summed E-state index contributed by atoms with van der Waals surface area (Å²) in [5, 5.41) is 3.70. The minimum atomic E-state index is -0.616. The zero-order valence-corrected chi connectivity index (χ0v) is 14.3. The van der Waals surface area contributed by atoms with Gasteiger partial charge in [-0.25, -0.2) is 0 Å². The van der Waals surface area contributed by atoms with Gasteiger partial charge in [0.05, 0.1) is 5.54 Å². The van der Waals surface area contributed by atoms with E-state index in [9.17, 15) is 4.79 Å². The molecule has 110 valence electrons. The van der Waals surface area contributed by atoms with Crippen molar-refractivity contribution in [2.75, 3.05) is 0 Å². The molecule has 1 aliphatic carbocycles. The number of nitrogens with one attached hydrogen (secondary N) is 1. The normalized spacial score (nSPS) is 19.4. The Morgan fingerprint density at radius 2 is 2.20 bits per heavy atom. The summed E-state index contributed by atoms with van der Waals surface area (Å²) >= 11 is 5.32. The van der Waals surface area contributed by atoms with Gasteiger partial charge in [0.25, 0.3) is 0 Å². The molecule has 1 aromatic carbocycles. The molecular formula is C15H21BrN2OS. The smallest absolute Gasteiger partial charge is 0.237 e. The lowest BCUT2D eigenvalue weighted by molar-refractivity contribution is -0.124. The van der Waals surface area contributed by atoms with Crippen molar-refractivity contribution >= 4 is 33.6 Å². The molecular weight excluding hydrogens is 336 g/mol. The molecule has 20 heavy (non-hydrogen) atoms. The Kier molecular flexibility index (Phi) is 5.15. The lowest BCUT2D eigenvalue weighted by atomic mass is 9.95. The zero-order valence-electron chi connectivity index (χ0n) is 11.9. The summed E-state index contributed by atoms with van der Waals surface area (Å²) in [5.41, 5.74) is 4.98. The standard InChI is InChI=1S/C15H21BrN2OS/c1-10(20-13-6-4-3-5-12(13)16)9-15(2,14(17)19)18-11-7-8-11/h3-6,10-11,18H,7-9H2,1-2H3,(H2,17,19). The van der Waals surface area contributed by atoms with Gasteiger partial charge in [-0.15, -0.1) is 11.8 Å². The van der Waals surface area contributed by atoms with E-state index in [0.29, 0.717) is 11.3 Å². The summed E-state index contributed by atoms with van der Waals surface area (Å²) in [6.07, 6.45) is 3.02. The highest BCUT2D eigenvalue weighted by molar-refractivity contribution is 9.10. The van der Waals surface area contributed by atoms with Crippen molar-refractivity contribution in [3.63, 3.8) is 0 Å². The van der Waals surface area contributed by atoms with Crippen LogP contribution >= 0.6 is 27.7 Å². The van der Waals surface area contributed by atoms with E-state index in [4.69, 9.17) is 5.73 Å². The first-order valence-corrected chi connectivity index (χ1v) is 8.57. The average molecular weight is 357 g/mol. The van der Waals surface area contributed by atoms with E-state index in [2.05, 4.69) is 34.2 Å². The van der Waals surface area contributed by atoms with Crippen LogP contribution in [0.1, 0.15) is 33.1 Å². The first-order valence-electron chi connectivity index (χ1n) is 6.89. The molecule has 1 fully saturated rings. The van der Waals surface area contributed by atoms with Crippen molar-refractivity contribution in [1.82, 2.24) is 5.32 Å². The second-order valence-corrected chi connectivity index (χ2v) is 8.01. The number of carbonyl (C=O) groups is 1. The largest absolute Gasteiger partial charge is 0.368 e. The van der Waals surface area contributed by atoms with Crippen molar-refractivity contribution < 1.29 is 4.79 Å². The van der Waals surface area contributed by atoms with Crippen LogP contribution in [0, 0.1) is 0 Å². The van der Waals surface area contributed by atoms with Gasteiger partial charge in [0.15, 0.2) is 0 Å². The number of primary amides is 1. The number of carbonyl (C=O) groups excluding carboxylic acids is 1. The van der Waals surface area contributed by atoms with Crippen molar-refractivity contribution in [2.24, 2.45) is 5.73 Å². The van der Waals surface area contributed by atoms with E-state index in [0.717, 1.165) is 23.7 Å². The van der Waals surface area contributed by atoms with Gasteiger partial charge in [-0.2, -0.15) is 0 Å². The van der Waals surface area contributed by atoms with Gasteiger partial charge in [-0.1, -0.05) is 19.1 Å². The Balaban J connectivity index is 1.99. The second kappa shape index (κ2) is 6.50. The second-order valence-electron chi connectivity index (χ2n) is 5.68. The molecule has 0 spiro atoms. The highest BCUT2D eigenvalue weighted by Gasteiger charge is 2.38. The number of amides is 1. The SMILES string of the molecule is CC(CC(C)(NC1CC1)C(N)=O)Sc1ccccc1Br. The molecule has 0 aliphatic heterocycles. The minimum absolute atomic E-state index is 0.260. The lowest BCUT2D eigenvalue weighted by Gasteiger charge is -2.30. The molecule has 1 aromatic rings. The van der Waals surface area contributed by atoms with E-state index < -0.39 is 5.54 Å². The predicted molar refractivity (Wildman–Crippen MR) is 87.8 cm³/mol. The van der Waals surface area contributed by atoms with E-state index in [1.165, 1.54) is 4.90 Å². The fraction of sp³-hybridized carbons (Fsp3) is 0.533. The number of halogens is 1. The molecule has 1 aliphatic rings. The van der Waals surface area contributed by atoms with Gasteiger partial charge in [0.1, 0.15) is 0 Å². The quantitative estimate of drug-likeness (QED) is 0.736. The first kappa shape index (κ1) is 15.9. The number of hydrogen-bond acceptors (Lipinski definition) is 3. The van der Waals surface area contributed by atoms with Crippen LogP contribution in [0.15, 0.2) is 33.6 Å². The van der Waals surface area contributed by atoms with Crippen LogP contribution in [0.4, 0.5) is 0 Å². The van der Waals surface area contributed by atoms with E-state index >= 15 is 0 Å². The fourth-order valence-corrected chi connectivity index (χ4v) is 4.04. The summed E-state index contributed by atoms with van der Waals surface area (Å²) in [4.78, 5) is 13.0. The molecule has 0 radical (unpaired) electrons. The number of hydrogen-bond donors (Lipinski definition) is 2. The maximum Gasteiger partial charge on any atom is 0.237 e. The molecule has 0 bridgehead atoms. The lowest BCUT2D eigenvalue weighted by Crippen LogP contribution is -2.55. The fourth-order valence-electron chi connectivity index (χ4n) is 2.28. The van der Waals surface area contributed by atoms with Crippen LogP contribution in [0.25, 0.3) is 0 Å². The van der Waals surface area contributed by atoms with Gasteiger partial charge in [-0.3, -0.25) is 4.79 Å². The summed E-state index contributed by atoms with van der Waals surface area (Å²) < 4.78 is 1.09. The van der Waals surface area contributed by atoms with Gasteiger partial charge in [0.2, 0.25) is 5.91 Å². The van der Waals surface area contributed by atoms with Crippen LogP contribution in [-0.4, -0.2) is 22.7 Å². The van der Waals surface area contributed by atoms with Gasteiger partial charge in [0, 0.05) is 20.7 Å². The Bertz CT molecular complexity index is 493. The Labute approximate surface area is 133 Å². The maximum atomic E-state index is 11.8. The molecule has 0 aromatic heterocycles. The molecule has 3 N–H and O–H groups in total. The third kappa shape index (κ3) is 4.24. The molecule has 2 unspecified atom stereocenters. The van der Waals surface area contributed by atoms with E-state index in [1.54, 1.807) is 11.8 Å². The predicted octanol–water partition coefficient (Wildman–Crippen LogP) is 3.32. The van der Waals surface area contributed by atoms with Crippen LogP contribution in [-0.2, 0) is 4.79 Å². The van der Waals surface area contributed by atoms with Crippen molar-refractivity contribution in [2.45, 2.75) is 54.8 Å². The molecule has 2 atom stereocenters. The molecule has 3 nitrogen and oxygen atoms in total. The number of benzene rings is 1. The van der Waals surface area contributed by atoms with Crippen LogP contribution in [0.5, 0.6) is 0 Å². The maximum absolute atomic E-state index is 11.8. The van der Waals surface area contributed by atoms with Crippen LogP contribution < -0.4 is 11.1 Å². The van der Waals surface area contributed by atoms with Crippen molar-refractivity contribution in [1.29, 1.82) is 0 Å². The third-order valence-corrected chi connectivity index (χ3v) is 5.64. The van der Waals surface area contributed by atoms with Crippen LogP contribution in [0.3, 0.4) is 0 Å². The van der Waals surface area contributed by atoms with E-state index in [1.807, 2.05) is 25.1 Å². The Morgan fingerprint density at radius 3 is 2.75 bits per heavy atom. The van der Waals surface area contributed by atoms with Gasteiger partial charge in [-0.05, 0) is 54.2 Å². The molecule has 5 heteroatoms. The Morgan fingerprint density at radius 1 is 1.55 bits per heavy atom. The molecule has 2 rings (SSSR count). The highest BCUT2D eigenvalue weighted by atomic mass is 79.9. The first-order chi connectivity index (χ1) is 9.40. The average Bonchev–Trinajstić information content (AvgIpc) is 3.15. The summed E-state index contributed by atoms with van der Waals surface area (Å²) in [5.74, 6) is -0.260. The molecule has 1 saturated carbocycles. The highest BCUT2D eigenvalue weighted by Crippen LogP contribution is 2.34. The molecule has 0 heterocycles. The van der Waals surface area contributed by atoms with Gasteiger partial charge >= 0.3 is 0 Å². The van der Waals surface area contributed by atoms with Crippen molar-refractivity contribution in [3.8, 4) is 0 Å². The van der Waals surface area contributed by atoms with Crippen molar-refractivity contribution in [3.05, 3.63) is 28.7 Å². The third-order valence-electron chi connectivity index (χ3n) is 3.50. The summed E-state index contributed by atoms with van der Waals surface area (Å²) in [7, 11) is 0. The monoisotopic (exact) mass is 356 g/mol. The molecule has 0 saturated heterocycles. The van der Waals surface area contributed by atoms with E-state index in [-0.39, 0.29) is 5.91 Å². The molecule has 1 amide bonds. The number of nitrogens with two attached hydrogens (primary N) is 1. The topological polar surface area (TPSA) is 55.1 Å². The minimum Gasteiger partial charge on any atom is -0.368 e. The van der Waals surface area contributed by atoms with Gasteiger partial charge < -0.3 is 11.1 Å². The summed E-state index contributed by atoms with van der Waals surface area (Å²) in [6.45, 7) is 4.06. The Hall–Kier alpha value is -0.520. The number of rotatable bonds is 7. The summed E-state index contributed by atoms with van der Waals surface area (Å²) in [6, 6.07) is 8.61. The zero-order chi connectivity index (χ0) is 14.8. The number of thioether (sulfide) groups is 1.